The second-order valence-electron chi connectivity index (χ2n) is 2.69. The standard InChI is InChI=1S/C9H13O3P/c1-2-9(12-13(10)11)8-6-4-3-5-7-8/h3-7,9,13H,2H2,1H3,(H,10,11). The molecule has 3 nitrogen and oxygen atoms in total. The molecule has 0 saturated heterocycles. The van der Waals surface area contributed by atoms with Crippen molar-refractivity contribution in [2.45, 2.75) is 19.4 Å². The molecule has 0 aliphatic rings. The van der Waals surface area contributed by atoms with E-state index < -0.39 is 8.25 Å². The van der Waals surface area contributed by atoms with Gasteiger partial charge in [-0.25, -0.2) is 0 Å². The lowest BCUT2D eigenvalue weighted by molar-refractivity contribution is 0.187. The van der Waals surface area contributed by atoms with Gasteiger partial charge in [-0.3, -0.25) is 4.57 Å². The molecule has 0 bridgehead atoms. The lowest BCUT2D eigenvalue weighted by Gasteiger charge is -2.13. The van der Waals surface area contributed by atoms with E-state index in [1.54, 1.807) is 0 Å². The van der Waals surface area contributed by atoms with Gasteiger partial charge in [0.15, 0.2) is 0 Å². The van der Waals surface area contributed by atoms with Crippen molar-refractivity contribution in [2.24, 2.45) is 0 Å². The Morgan fingerprint density at radius 2 is 2.08 bits per heavy atom. The van der Waals surface area contributed by atoms with E-state index in [2.05, 4.69) is 0 Å². The Kier molecular flexibility index (Phi) is 4.16. The molecule has 72 valence electrons. The second-order valence-corrected chi connectivity index (χ2v) is 3.46. The first-order valence-corrected chi connectivity index (χ1v) is 5.45. The Balaban J connectivity index is 2.73. The van der Waals surface area contributed by atoms with Crippen molar-refractivity contribution in [3.63, 3.8) is 0 Å². The summed E-state index contributed by atoms with van der Waals surface area (Å²) in [6, 6.07) is 9.45. The molecule has 1 rings (SSSR count). The van der Waals surface area contributed by atoms with Crippen LogP contribution in [0.2, 0.25) is 0 Å². The highest BCUT2D eigenvalue weighted by Gasteiger charge is 2.10. The fraction of sp³-hybridized carbons (Fsp3) is 0.333. The average molecular weight is 200 g/mol. The van der Waals surface area contributed by atoms with Gasteiger partial charge >= 0.3 is 8.25 Å². The van der Waals surface area contributed by atoms with E-state index in [1.807, 2.05) is 37.3 Å². The van der Waals surface area contributed by atoms with Crippen molar-refractivity contribution in [2.75, 3.05) is 0 Å². The molecule has 0 aliphatic carbocycles. The minimum absolute atomic E-state index is 0.266. The highest BCUT2D eigenvalue weighted by Crippen LogP contribution is 2.30. The summed E-state index contributed by atoms with van der Waals surface area (Å²) in [5.41, 5.74) is 0.942. The van der Waals surface area contributed by atoms with E-state index in [0.29, 0.717) is 6.42 Å². The summed E-state index contributed by atoms with van der Waals surface area (Å²) < 4.78 is 15.4. The second kappa shape index (κ2) is 5.18. The minimum atomic E-state index is -2.84. The normalized spacial score (nSPS) is 15.2. The van der Waals surface area contributed by atoms with E-state index >= 15 is 0 Å². The number of hydrogen-bond acceptors (Lipinski definition) is 2. The number of hydrogen-bond donors (Lipinski definition) is 1. The summed E-state index contributed by atoms with van der Waals surface area (Å²) in [4.78, 5) is 8.64. The number of benzene rings is 1. The molecule has 13 heavy (non-hydrogen) atoms. The third kappa shape index (κ3) is 3.31. The molecule has 0 radical (unpaired) electrons. The molecule has 0 aromatic heterocycles. The van der Waals surface area contributed by atoms with Crippen LogP contribution < -0.4 is 0 Å². The van der Waals surface area contributed by atoms with E-state index in [1.165, 1.54) is 0 Å². The fourth-order valence-electron chi connectivity index (χ4n) is 1.18. The molecule has 0 saturated carbocycles. The summed E-state index contributed by atoms with van der Waals surface area (Å²) >= 11 is 0. The van der Waals surface area contributed by atoms with Crippen molar-refractivity contribution < 1.29 is 14.0 Å². The maximum Gasteiger partial charge on any atom is 0.317 e. The molecule has 0 heterocycles. The van der Waals surface area contributed by atoms with Crippen LogP contribution in [0.5, 0.6) is 0 Å². The first kappa shape index (κ1) is 10.5. The zero-order chi connectivity index (χ0) is 9.68. The van der Waals surface area contributed by atoms with Gasteiger partial charge in [-0.1, -0.05) is 37.3 Å². The molecule has 0 aliphatic heterocycles. The third-order valence-corrected chi connectivity index (χ3v) is 2.27. The monoisotopic (exact) mass is 200 g/mol. The van der Waals surface area contributed by atoms with Crippen LogP contribution in [0, 0.1) is 0 Å². The first-order valence-electron chi connectivity index (χ1n) is 4.18. The molecule has 2 unspecified atom stereocenters. The molecule has 1 aromatic rings. The Hall–Kier alpha value is -0.630. The van der Waals surface area contributed by atoms with Gasteiger partial charge in [0.25, 0.3) is 0 Å². The van der Waals surface area contributed by atoms with Crippen molar-refractivity contribution in [3.05, 3.63) is 35.9 Å². The van der Waals surface area contributed by atoms with Gasteiger partial charge in [0.2, 0.25) is 0 Å². The quantitative estimate of drug-likeness (QED) is 0.759. The van der Waals surface area contributed by atoms with Crippen LogP contribution in [0.4, 0.5) is 0 Å². The zero-order valence-electron chi connectivity index (χ0n) is 7.43. The van der Waals surface area contributed by atoms with Crippen LogP contribution in [0.25, 0.3) is 0 Å². The molecule has 1 aromatic carbocycles. The largest absolute Gasteiger partial charge is 0.326 e. The lowest BCUT2D eigenvalue weighted by Crippen LogP contribution is -1.97. The Morgan fingerprint density at radius 3 is 2.54 bits per heavy atom. The van der Waals surface area contributed by atoms with E-state index in [-0.39, 0.29) is 6.10 Å². The van der Waals surface area contributed by atoms with Crippen LogP contribution in [0.3, 0.4) is 0 Å². The van der Waals surface area contributed by atoms with Crippen molar-refractivity contribution in [1.82, 2.24) is 0 Å². The molecule has 0 amide bonds. The van der Waals surface area contributed by atoms with Crippen molar-refractivity contribution in [3.8, 4) is 0 Å². The lowest BCUT2D eigenvalue weighted by atomic mass is 10.1. The maximum atomic E-state index is 10.5. The molecule has 0 spiro atoms. The smallest absolute Gasteiger partial charge is 0.317 e. The zero-order valence-corrected chi connectivity index (χ0v) is 8.43. The molecule has 2 atom stereocenters. The molecule has 4 heteroatoms. The van der Waals surface area contributed by atoms with Gasteiger partial charge < -0.3 is 9.42 Å². The van der Waals surface area contributed by atoms with Crippen molar-refractivity contribution >= 4 is 8.25 Å². The summed E-state index contributed by atoms with van der Waals surface area (Å²) in [5, 5.41) is 0. The summed E-state index contributed by atoms with van der Waals surface area (Å²) in [6.45, 7) is 1.92. The van der Waals surface area contributed by atoms with Crippen LogP contribution in [-0.2, 0) is 9.09 Å². The Morgan fingerprint density at radius 1 is 1.46 bits per heavy atom. The summed E-state index contributed by atoms with van der Waals surface area (Å²) in [7, 11) is -2.84. The fourth-order valence-corrected chi connectivity index (χ4v) is 1.72. The topological polar surface area (TPSA) is 46.5 Å². The maximum absolute atomic E-state index is 10.5. The van der Waals surface area contributed by atoms with Crippen LogP contribution >= 0.6 is 8.25 Å². The summed E-state index contributed by atoms with van der Waals surface area (Å²) in [6.07, 6.45) is 0.429. The Bertz CT molecular complexity index is 273. The molecule has 1 N–H and O–H groups in total. The highest BCUT2D eigenvalue weighted by atomic mass is 31.1. The van der Waals surface area contributed by atoms with Gasteiger partial charge in [0.1, 0.15) is 0 Å². The predicted octanol–water partition coefficient (Wildman–Crippen LogP) is 2.54. The summed E-state index contributed by atoms with van der Waals surface area (Å²) in [5.74, 6) is 0. The minimum Gasteiger partial charge on any atom is -0.326 e. The van der Waals surface area contributed by atoms with Gasteiger partial charge in [0.05, 0.1) is 6.10 Å². The van der Waals surface area contributed by atoms with Gasteiger partial charge in [0, 0.05) is 0 Å². The van der Waals surface area contributed by atoms with Crippen molar-refractivity contribution in [1.29, 1.82) is 0 Å². The predicted molar refractivity (Wildman–Crippen MR) is 51.8 cm³/mol. The highest BCUT2D eigenvalue weighted by molar-refractivity contribution is 7.32. The average Bonchev–Trinajstić information content (AvgIpc) is 2.15. The van der Waals surface area contributed by atoms with Crippen LogP contribution in [-0.4, -0.2) is 4.89 Å². The Labute approximate surface area is 78.3 Å². The van der Waals surface area contributed by atoms with E-state index in [4.69, 9.17) is 9.42 Å². The molecular formula is C9H13O3P. The first-order chi connectivity index (χ1) is 6.24. The molecular weight excluding hydrogens is 187 g/mol. The molecule has 0 fully saturated rings. The van der Waals surface area contributed by atoms with Gasteiger partial charge in [-0.15, -0.1) is 0 Å². The number of rotatable bonds is 4. The van der Waals surface area contributed by atoms with E-state index in [9.17, 15) is 4.57 Å². The van der Waals surface area contributed by atoms with Crippen LogP contribution in [0.15, 0.2) is 30.3 Å². The van der Waals surface area contributed by atoms with Gasteiger partial charge in [-0.2, -0.15) is 0 Å². The van der Waals surface area contributed by atoms with Gasteiger partial charge in [-0.05, 0) is 12.0 Å². The van der Waals surface area contributed by atoms with Crippen LogP contribution in [0.1, 0.15) is 25.0 Å². The SMILES string of the molecule is CCC(O[PH](=O)O)c1ccccc1. The third-order valence-electron chi connectivity index (χ3n) is 1.79. The van der Waals surface area contributed by atoms with E-state index in [0.717, 1.165) is 5.56 Å².